The Morgan fingerprint density at radius 3 is 2.88 bits per heavy atom. The number of hydrogen-bond donors (Lipinski definition) is 1. The number of likely N-dealkylation sites (tertiary alicyclic amines) is 1. The summed E-state index contributed by atoms with van der Waals surface area (Å²) < 4.78 is 0. The summed E-state index contributed by atoms with van der Waals surface area (Å²) in [5, 5.41) is 3.91. The molecule has 2 heterocycles. The van der Waals surface area contributed by atoms with E-state index in [0.717, 1.165) is 48.8 Å². The molecule has 0 bridgehead atoms. The van der Waals surface area contributed by atoms with E-state index in [2.05, 4.69) is 15.2 Å². The minimum atomic E-state index is 0.101. The van der Waals surface area contributed by atoms with E-state index in [0.29, 0.717) is 12.8 Å². The van der Waals surface area contributed by atoms with Gasteiger partial charge < -0.3 is 5.32 Å². The summed E-state index contributed by atoms with van der Waals surface area (Å²) in [6, 6.07) is 13.9. The third-order valence-electron chi connectivity index (χ3n) is 4.56. The van der Waals surface area contributed by atoms with Gasteiger partial charge in [-0.1, -0.05) is 35.9 Å². The Bertz CT molecular complexity index is 692. The maximum absolute atomic E-state index is 12.3. The molecule has 4 nitrogen and oxygen atoms in total. The average molecular weight is 358 g/mol. The van der Waals surface area contributed by atoms with Crippen molar-refractivity contribution in [2.75, 3.05) is 13.1 Å². The Morgan fingerprint density at radius 2 is 2.08 bits per heavy atom. The highest BCUT2D eigenvalue weighted by Crippen LogP contribution is 2.17. The van der Waals surface area contributed by atoms with Gasteiger partial charge in [-0.3, -0.25) is 14.7 Å². The summed E-state index contributed by atoms with van der Waals surface area (Å²) in [7, 11) is 0. The molecule has 1 amide bonds. The number of pyridine rings is 1. The van der Waals surface area contributed by atoms with Crippen molar-refractivity contribution in [1.82, 2.24) is 15.2 Å². The van der Waals surface area contributed by atoms with E-state index in [1.165, 1.54) is 0 Å². The summed E-state index contributed by atoms with van der Waals surface area (Å²) in [5.41, 5.74) is 2.10. The lowest BCUT2D eigenvalue weighted by atomic mass is 10.0. The van der Waals surface area contributed by atoms with Gasteiger partial charge in [-0.25, -0.2) is 0 Å². The molecule has 1 aromatic carbocycles. The van der Waals surface area contributed by atoms with Crippen molar-refractivity contribution in [3.63, 3.8) is 0 Å². The maximum atomic E-state index is 12.3. The first-order valence-electron chi connectivity index (χ1n) is 8.86. The topological polar surface area (TPSA) is 45.2 Å². The minimum absolute atomic E-state index is 0.101. The summed E-state index contributed by atoms with van der Waals surface area (Å²) in [4.78, 5) is 19.0. The van der Waals surface area contributed by atoms with Crippen LogP contribution in [0.4, 0.5) is 0 Å². The molecule has 0 aliphatic carbocycles. The van der Waals surface area contributed by atoms with E-state index in [9.17, 15) is 4.79 Å². The molecule has 3 rings (SSSR count). The Kier molecular flexibility index (Phi) is 6.42. The smallest absolute Gasteiger partial charge is 0.220 e. The lowest BCUT2D eigenvalue weighted by molar-refractivity contribution is -0.122. The number of halogens is 1. The molecular formula is C20H24ClN3O. The Hall–Kier alpha value is -1.91. The summed E-state index contributed by atoms with van der Waals surface area (Å²) in [6.45, 7) is 2.78. The number of nitrogens with one attached hydrogen (secondary N) is 1. The third-order valence-corrected chi connectivity index (χ3v) is 4.93. The van der Waals surface area contributed by atoms with Crippen molar-refractivity contribution in [1.29, 1.82) is 0 Å². The number of nitrogens with zero attached hydrogens (tertiary/aromatic N) is 2. The molecule has 1 fully saturated rings. The molecule has 1 unspecified atom stereocenters. The van der Waals surface area contributed by atoms with Gasteiger partial charge in [0.2, 0.25) is 5.91 Å². The van der Waals surface area contributed by atoms with Gasteiger partial charge in [-0.15, -0.1) is 0 Å². The highest BCUT2D eigenvalue weighted by molar-refractivity contribution is 6.31. The number of hydrogen-bond acceptors (Lipinski definition) is 3. The fraction of sp³-hybridized carbons (Fsp3) is 0.400. The zero-order valence-electron chi connectivity index (χ0n) is 14.3. The molecule has 1 aliphatic heterocycles. The number of aromatic nitrogens is 1. The predicted molar refractivity (Wildman–Crippen MR) is 100 cm³/mol. The van der Waals surface area contributed by atoms with E-state index in [-0.39, 0.29) is 11.9 Å². The van der Waals surface area contributed by atoms with Crippen molar-refractivity contribution in [2.24, 2.45) is 0 Å². The average Bonchev–Trinajstić information content (AvgIpc) is 2.62. The number of rotatable bonds is 6. The van der Waals surface area contributed by atoms with Crippen LogP contribution in [-0.4, -0.2) is 34.9 Å². The first kappa shape index (κ1) is 17.9. The summed E-state index contributed by atoms with van der Waals surface area (Å²) >= 11 is 6.15. The van der Waals surface area contributed by atoms with Crippen LogP contribution in [0.25, 0.3) is 0 Å². The lowest BCUT2D eigenvalue weighted by Gasteiger charge is -2.32. The van der Waals surface area contributed by atoms with Gasteiger partial charge in [0.15, 0.2) is 0 Å². The molecule has 1 saturated heterocycles. The second-order valence-electron chi connectivity index (χ2n) is 6.55. The molecule has 1 atom stereocenters. The number of piperidine rings is 1. The van der Waals surface area contributed by atoms with Crippen LogP contribution in [0.3, 0.4) is 0 Å². The molecule has 0 radical (unpaired) electrons. The van der Waals surface area contributed by atoms with Gasteiger partial charge in [-0.2, -0.15) is 0 Å². The minimum Gasteiger partial charge on any atom is -0.352 e. The zero-order chi connectivity index (χ0) is 17.5. The molecule has 1 N–H and O–H groups in total. The van der Waals surface area contributed by atoms with E-state index in [1.807, 2.05) is 48.7 Å². The maximum Gasteiger partial charge on any atom is 0.220 e. The van der Waals surface area contributed by atoms with Gasteiger partial charge in [0.05, 0.1) is 5.69 Å². The predicted octanol–water partition coefficient (Wildman–Crippen LogP) is 3.45. The second kappa shape index (κ2) is 8.97. The number of benzene rings is 1. The van der Waals surface area contributed by atoms with E-state index in [1.54, 1.807) is 0 Å². The number of carbonyl (C=O) groups is 1. The van der Waals surface area contributed by atoms with Crippen molar-refractivity contribution in [2.45, 2.75) is 38.3 Å². The van der Waals surface area contributed by atoms with E-state index < -0.39 is 0 Å². The van der Waals surface area contributed by atoms with Gasteiger partial charge in [-0.05, 0) is 49.6 Å². The molecular weight excluding hydrogens is 334 g/mol. The summed E-state index contributed by atoms with van der Waals surface area (Å²) in [6.07, 6.45) is 5.11. The Balaban J connectivity index is 1.45. The third kappa shape index (κ3) is 5.55. The first-order chi connectivity index (χ1) is 12.2. The van der Waals surface area contributed by atoms with Gasteiger partial charge in [0.1, 0.15) is 0 Å². The monoisotopic (exact) mass is 357 g/mol. The van der Waals surface area contributed by atoms with Gasteiger partial charge in [0.25, 0.3) is 0 Å². The van der Waals surface area contributed by atoms with Crippen LogP contribution in [-0.2, 0) is 17.8 Å². The molecule has 25 heavy (non-hydrogen) atoms. The Morgan fingerprint density at radius 1 is 1.24 bits per heavy atom. The van der Waals surface area contributed by atoms with Crippen LogP contribution in [0.5, 0.6) is 0 Å². The van der Waals surface area contributed by atoms with Crippen LogP contribution < -0.4 is 5.32 Å². The number of amides is 1. The fourth-order valence-electron chi connectivity index (χ4n) is 3.29. The Labute approximate surface area is 154 Å². The van der Waals surface area contributed by atoms with Crippen molar-refractivity contribution in [3.05, 3.63) is 64.9 Å². The SMILES string of the molecule is O=C(CCc1ccccc1Cl)NC1CCCN(Cc2ccccn2)C1. The first-order valence-corrected chi connectivity index (χ1v) is 9.23. The molecule has 0 spiro atoms. The molecule has 1 aliphatic rings. The van der Waals surface area contributed by atoms with Gasteiger partial charge in [0, 0.05) is 36.8 Å². The van der Waals surface area contributed by atoms with Crippen LogP contribution >= 0.6 is 11.6 Å². The standard InChI is InChI=1S/C20H24ClN3O/c21-19-9-2-1-6-16(19)10-11-20(25)23-18-8-5-13-24(15-18)14-17-7-3-4-12-22-17/h1-4,6-7,9,12,18H,5,8,10-11,13-15H2,(H,23,25). The van der Waals surface area contributed by atoms with E-state index >= 15 is 0 Å². The highest BCUT2D eigenvalue weighted by atomic mass is 35.5. The quantitative estimate of drug-likeness (QED) is 0.861. The normalized spacial score (nSPS) is 18.0. The fourth-order valence-corrected chi connectivity index (χ4v) is 3.52. The van der Waals surface area contributed by atoms with Crippen LogP contribution in [0.2, 0.25) is 5.02 Å². The molecule has 5 heteroatoms. The molecule has 1 aromatic heterocycles. The largest absolute Gasteiger partial charge is 0.352 e. The van der Waals surface area contributed by atoms with Crippen molar-refractivity contribution >= 4 is 17.5 Å². The van der Waals surface area contributed by atoms with Crippen molar-refractivity contribution < 1.29 is 4.79 Å². The van der Waals surface area contributed by atoms with Crippen LogP contribution in [0.15, 0.2) is 48.7 Å². The number of aryl methyl sites for hydroxylation is 1. The number of carbonyl (C=O) groups excluding carboxylic acids is 1. The molecule has 0 saturated carbocycles. The molecule has 132 valence electrons. The van der Waals surface area contributed by atoms with Gasteiger partial charge >= 0.3 is 0 Å². The zero-order valence-corrected chi connectivity index (χ0v) is 15.1. The van der Waals surface area contributed by atoms with E-state index in [4.69, 9.17) is 11.6 Å². The second-order valence-corrected chi connectivity index (χ2v) is 6.96. The lowest BCUT2D eigenvalue weighted by Crippen LogP contribution is -2.47. The van der Waals surface area contributed by atoms with Crippen LogP contribution in [0, 0.1) is 0 Å². The molecule has 2 aromatic rings. The highest BCUT2D eigenvalue weighted by Gasteiger charge is 2.21. The summed E-state index contributed by atoms with van der Waals surface area (Å²) in [5.74, 6) is 0.101. The van der Waals surface area contributed by atoms with Crippen molar-refractivity contribution in [3.8, 4) is 0 Å². The van der Waals surface area contributed by atoms with Crippen LogP contribution in [0.1, 0.15) is 30.5 Å².